The summed E-state index contributed by atoms with van der Waals surface area (Å²) < 4.78 is 48.9. The van der Waals surface area contributed by atoms with Gasteiger partial charge in [-0.1, -0.05) is 33.8 Å². The number of hydrogen-bond acceptors (Lipinski definition) is 15. The standard InChI is InChI=1S/C38H56N2O13/c1-11-26-38(8)32(51-36(45)53-38)21(4)29-19(2)17-37(7,52-35(44)49-29)31(50-34-28(42)25(40(9)10)15-20(3)46-34)22(5)30(23(6)33(43)47-26)48-27(41)16-24-13-12-14-39-18-24/h12-14,18-23,25-26,28-32,34,42H,11,15-17H2,1-10H3/t19-,20-,21+,22-,23-,25+,26-,28-,29?,30+,31-,32+,34+,37-,38-/m1/s1. The fourth-order valence-electron chi connectivity index (χ4n) is 8.88. The van der Waals surface area contributed by atoms with Gasteiger partial charge in [-0.25, -0.2) is 9.59 Å². The molecule has 53 heavy (non-hydrogen) atoms. The lowest BCUT2D eigenvalue weighted by atomic mass is 9.73. The van der Waals surface area contributed by atoms with Gasteiger partial charge < -0.3 is 47.9 Å². The Morgan fingerprint density at radius 3 is 2.36 bits per heavy atom. The summed E-state index contributed by atoms with van der Waals surface area (Å²) in [4.78, 5) is 60.4. The normalized spacial score (nSPS) is 42.2. The van der Waals surface area contributed by atoms with E-state index < -0.39 is 102 Å². The van der Waals surface area contributed by atoms with Crippen LogP contribution in [0.25, 0.3) is 0 Å². The van der Waals surface area contributed by atoms with E-state index in [-0.39, 0.29) is 31.4 Å². The molecule has 1 unspecified atom stereocenters. The van der Waals surface area contributed by atoms with Gasteiger partial charge in [0.1, 0.15) is 36.1 Å². The maximum absolute atomic E-state index is 14.2. The number of hydrogen-bond donors (Lipinski definition) is 1. The number of esters is 2. The van der Waals surface area contributed by atoms with Crippen molar-refractivity contribution in [2.75, 3.05) is 14.1 Å². The molecule has 1 aromatic rings. The molecule has 0 aromatic carbocycles. The monoisotopic (exact) mass is 748 g/mol. The van der Waals surface area contributed by atoms with Crippen LogP contribution in [0.2, 0.25) is 0 Å². The number of pyridine rings is 1. The number of ether oxygens (including phenoxy) is 8. The first-order chi connectivity index (χ1) is 24.9. The maximum Gasteiger partial charge on any atom is 0.509 e. The number of carbonyl (C=O) groups excluding carboxylic acids is 4. The summed E-state index contributed by atoms with van der Waals surface area (Å²) in [7, 11) is 3.71. The minimum atomic E-state index is -1.48. The van der Waals surface area contributed by atoms with Crippen molar-refractivity contribution in [2.24, 2.45) is 23.7 Å². The Morgan fingerprint density at radius 2 is 1.72 bits per heavy atom. The first kappa shape index (κ1) is 40.7. The minimum Gasteiger partial charge on any atom is -0.461 e. The van der Waals surface area contributed by atoms with Crippen LogP contribution in [0.5, 0.6) is 0 Å². The number of cyclic esters (lactones) is 1. The van der Waals surface area contributed by atoms with Crippen molar-refractivity contribution in [2.45, 2.75) is 147 Å². The van der Waals surface area contributed by atoms with Gasteiger partial charge in [0.05, 0.1) is 18.4 Å². The van der Waals surface area contributed by atoms with Crippen LogP contribution < -0.4 is 0 Å². The molecule has 1 N–H and O–H groups in total. The summed E-state index contributed by atoms with van der Waals surface area (Å²) in [6.07, 6.45) is -5.73. The lowest BCUT2D eigenvalue weighted by molar-refractivity contribution is -0.298. The molecule has 4 fully saturated rings. The van der Waals surface area contributed by atoms with Crippen molar-refractivity contribution in [3.05, 3.63) is 30.1 Å². The second-order valence-electron chi connectivity index (χ2n) is 16.0. The van der Waals surface area contributed by atoms with Crippen LogP contribution in [0.4, 0.5) is 9.59 Å². The highest BCUT2D eigenvalue weighted by Crippen LogP contribution is 2.46. The van der Waals surface area contributed by atoms with Gasteiger partial charge >= 0.3 is 24.2 Å². The summed E-state index contributed by atoms with van der Waals surface area (Å²) in [5.74, 6) is -4.40. The van der Waals surface area contributed by atoms with Crippen molar-refractivity contribution in [3.63, 3.8) is 0 Å². The molecule has 1 aromatic heterocycles. The number of rotatable bonds is 7. The van der Waals surface area contributed by atoms with E-state index in [4.69, 9.17) is 37.9 Å². The number of aliphatic hydroxyl groups is 1. The lowest BCUT2D eigenvalue weighted by Crippen LogP contribution is -2.60. The van der Waals surface area contributed by atoms with Crippen LogP contribution in [0.1, 0.15) is 80.2 Å². The molecule has 0 aliphatic carbocycles. The summed E-state index contributed by atoms with van der Waals surface area (Å²) in [6.45, 7) is 14.0. The SMILES string of the molecule is CC[C@H]1OC(=O)[C@H](C)[C@@H](OC(=O)Cc2cccnc2)[C@@H](C)[C@@H](O[C@@H]2O[C@H](C)C[C@H](N(C)C)[C@H]2O)[C@@]2(C)C[C@@H](C)C(OC(=O)O2)[C@H](C)[C@@H]2OC(=O)O[C@]12C. The molecule has 5 rings (SSSR count). The van der Waals surface area contributed by atoms with Crippen molar-refractivity contribution in [1.82, 2.24) is 9.88 Å². The van der Waals surface area contributed by atoms with Crippen molar-refractivity contribution in [1.29, 1.82) is 0 Å². The Balaban J connectivity index is 1.63. The van der Waals surface area contributed by atoms with Crippen LogP contribution in [0, 0.1) is 23.7 Å². The van der Waals surface area contributed by atoms with E-state index in [2.05, 4.69) is 4.98 Å². The van der Waals surface area contributed by atoms with Crippen LogP contribution in [-0.2, 0) is 53.9 Å². The molecule has 5 heterocycles. The molecule has 0 amide bonds. The van der Waals surface area contributed by atoms with E-state index in [9.17, 15) is 24.3 Å². The number of carbonyl (C=O) groups is 4. The smallest absolute Gasteiger partial charge is 0.461 e. The van der Waals surface area contributed by atoms with Crippen LogP contribution in [0.15, 0.2) is 24.5 Å². The number of aromatic nitrogens is 1. The molecule has 15 nitrogen and oxygen atoms in total. The number of nitrogens with zero attached hydrogens (tertiary/aromatic N) is 2. The molecule has 4 saturated heterocycles. The van der Waals surface area contributed by atoms with E-state index in [1.165, 1.54) is 0 Å². The fraction of sp³-hybridized carbons (Fsp3) is 0.763. The van der Waals surface area contributed by atoms with E-state index in [0.29, 0.717) is 12.0 Å². The molecule has 0 radical (unpaired) electrons. The van der Waals surface area contributed by atoms with Gasteiger partial charge in [0.2, 0.25) is 0 Å². The second kappa shape index (κ2) is 16.1. The molecule has 296 valence electrons. The maximum atomic E-state index is 14.2. The number of likely N-dealkylation sites (N-methyl/N-ethyl adjacent to an activating group) is 1. The van der Waals surface area contributed by atoms with Crippen molar-refractivity contribution < 1.29 is 62.2 Å². The second-order valence-corrected chi connectivity index (χ2v) is 16.0. The molecule has 0 spiro atoms. The van der Waals surface area contributed by atoms with Crippen molar-refractivity contribution in [3.8, 4) is 0 Å². The topological polar surface area (TPSA) is 178 Å². The van der Waals surface area contributed by atoms with Gasteiger partial charge in [-0.3, -0.25) is 14.6 Å². The van der Waals surface area contributed by atoms with Crippen molar-refractivity contribution >= 4 is 24.2 Å². The largest absolute Gasteiger partial charge is 0.509 e. The van der Waals surface area contributed by atoms with Gasteiger partial charge in [-0.15, -0.1) is 0 Å². The Morgan fingerprint density at radius 1 is 1.02 bits per heavy atom. The van der Waals surface area contributed by atoms with E-state index in [1.807, 2.05) is 32.8 Å². The minimum absolute atomic E-state index is 0.141. The lowest BCUT2D eigenvalue weighted by Gasteiger charge is -2.47. The first-order valence-electron chi connectivity index (χ1n) is 18.6. The molecular formula is C38H56N2O13. The van der Waals surface area contributed by atoms with Crippen LogP contribution in [0.3, 0.4) is 0 Å². The van der Waals surface area contributed by atoms with E-state index in [0.717, 1.165) is 0 Å². The highest BCUT2D eigenvalue weighted by Gasteiger charge is 2.61. The third kappa shape index (κ3) is 8.42. The third-order valence-corrected chi connectivity index (χ3v) is 11.6. The highest BCUT2D eigenvalue weighted by molar-refractivity contribution is 5.76. The summed E-state index contributed by atoms with van der Waals surface area (Å²) in [5, 5.41) is 11.6. The van der Waals surface area contributed by atoms with E-state index in [1.54, 1.807) is 66.1 Å². The Hall–Kier alpha value is -3.53. The summed E-state index contributed by atoms with van der Waals surface area (Å²) in [5.41, 5.74) is -2.34. The molecule has 4 aliphatic heterocycles. The zero-order valence-corrected chi connectivity index (χ0v) is 32.4. The fourth-order valence-corrected chi connectivity index (χ4v) is 8.88. The van der Waals surface area contributed by atoms with Gasteiger partial charge in [0, 0.05) is 30.3 Å². The summed E-state index contributed by atoms with van der Waals surface area (Å²) >= 11 is 0. The Labute approximate surface area is 311 Å². The molecule has 0 saturated carbocycles. The van der Waals surface area contributed by atoms with Gasteiger partial charge in [-0.2, -0.15) is 0 Å². The predicted molar refractivity (Wildman–Crippen MR) is 186 cm³/mol. The third-order valence-electron chi connectivity index (χ3n) is 11.6. The first-order valence-corrected chi connectivity index (χ1v) is 18.6. The average molecular weight is 749 g/mol. The summed E-state index contributed by atoms with van der Waals surface area (Å²) in [6, 6.07) is 3.11. The van der Waals surface area contributed by atoms with E-state index >= 15 is 0 Å². The Bertz CT molecular complexity index is 1480. The molecule has 15 heteroatoms. The Kier molecular flexibility index (Phi) is 12.3. The van der Waals surface area contributed by atoms with Gasteiger partial charge in [0.25, 0.3) is 0 Å². The average Bonchev–Trinajstić information content (AvgIpc) is 3.34. The van der Waals surface area contributed by atoms with Gasteiger partial charge in [0.15, 0.2) is 18.0 Å². The predicted octanol–water partition coefficient (Wildman–Crippen LogP) is 4.21. The molecular weight excluding hydrogens is 692 g/mol. The number of fused-ring (bicyclic) bond motifs is 4. The molecule has 2 bridgehead atoms. The zero-order chi connectivity index (χ0) is 39.0. The molecule has 15 atom stereocenters. The van der Waals surface area contributed by atoms with Crippen LogP contribution >= 0.6 is 0 Å². The zero-order valence-electron chi connectivity index (χ0n) is 32.4. The van der Waals surface area contributed by atoms with Gasteiger partial charge in [-0.05, 0) is 78.6 Å². The highest BCUT2D eigenvalue weighted by atomic mass is 16.8. The van der Waals surface area contributed by atoms with Crippen LogP contribution in [-0.4, -0.2) is 120 Å². The molecule has 4 aliphatic rings. The number of aliphatic hydroxyl groups excluding tert-OH is 1. The quantitative estimate of drug-likeness (QED) is 0.310.